The van der Waals surface area contributed by atoms with Crippen LogP contribution in [0.1, 0.15) is 136 Å². The van der Waals surface area contributed by atoms with Crippen molar-refractivity contribution in [2.45, 2.75) is 142 Å². The smallest absolute Gasteiger partial charge is 0.100 e. The molecule has 0 amide bonds. The molecule has 30 heavy (non-hydrogen) atoms. The van der Waals surface area contributed by atoms with Crippen molar-refractivity contribution in [3.8, 4) is 0 Å². The van der Waals surface area contributed by atoms with Crippen LogP contribution < -0.4 is 0 Å². The van der Waals surface area contributed by atoms with Crippen LogP contribution in [0.3, 0.4) is 0 Å². The van der Waals surface area contributed by atoms with E-state index < -0.39 is 0 Å². The Morgan fingerprint density at radius 1 is 0.533 bits per heavy atom. The van der Waals surface area contributed by atoms with Gasteiger partial charge in [0.2, 0.25) is 0 Å². The molecular weight excluding hydrogens is 366 g/mol. The van der Waals surface area contributed by atoms with Gasteiger partial charge in [-0.2, -0.15) is 0 Å². The maximum absolute atomic E-state index is 2.37. The summed E-state index contributed by atoms with van der Waals surface area (Å²) >= 11 is 0. The maximum Gasteiger partial charge on any atom is 0.100 e. The summed E-state index contributed by atoms with van der Waals surface area (Å²) in [4.78, 5) is 0. The van der Waals surface area contributed by atoms with Crippen molar-refractivity contribution in [1.82, 2.24) is 0 Å². The predicted octanol–water partition coefficient (Wildman–Crippen LogP) is 8.34. The number of nitrogens with zero attached hydrogens (tertiary/aromatic N) is 1. The van der Waals surface area contributed by atoms with E-state index in [2.05, 4.69) is 20.8 Å². The van der Waals surface area contributed by atoms with E-state index >= 15 is 0 Å². The number of rotatable bonds is 16. The molecule has 0 aromatic heterocycles. The van der Waals surface area contributed by atoms with E-state index in [-0.39, 0.29) is 5.48 Å². The van der Waals surface area contributed by atoms with Gasteiger partial charge in [-0.1, -0.05) is 59.3 Å². The third-order valence-electron chi connectivity index (χ3n) is 9.33. The third kappa shape index (κ3) is 6.25. The minimum absolute atomic E-state index is 0. The van der Waals surface area contributed by atoms with Crippen molar-refractivity contribution in [2.24, 2.45) is 17.8 Å². The van der Waals surface area contributed by atoms with Crippen LogP contribution in [0.4, 0.5) is 0 Å². The highest BCUT2D eigenvalue weighted by Crippen LogP contribution is 2.60. The zero-order valence-electron chi connectivity index (χ0n) is 21.0. The molecule has 4 aliphatic carbocycles. The Morgan fingerprint density at radius 2 is 0.867 bits per heavy atom. The zero-order valence-corrected chi connectivity index (χ0v) is 21.0. The average molecular weight is 422 g/mol. The lowest BCUT2D eigenvalue weighted by atomic mass is 9.51. The van der Waals surface area contributed by atoms with E-state index in [1.807, 2.05) is 0 Å². The monoisotopic (exact) mass is 421 g/mol. The Labute approximate surface area is 189 Å². The molecule has 0 aromatic carbocycles. The first-order valence-electron chi connectivity index (χ1n) is 14.0. The molecule has 1 N–H and O–H groups in total. The van der Waals surface area contributed by atoms with Gasteiger partial charge in [0.05, 0.1) is 19.6 Å². The molecule has 0 heterocycles. The van der Waals surface area contributed by atoms with Gasteiger partial charge in [0, 0.05) is 19.3 Å². The number of unbranched alkanes of at least 4 members (excludes halogenated alkanes) is 9. The molecule has 2 nitrogen and oxygen atoms in total. The molecule has 0 radical (unpaired) electrons. The highest BCUT2D eigenvalue weighted by atomic mass is 16.0. The first kappa shape index (κ1) is 26.2. The molecule has 4 bridgehead atoms. The van der Waals surface area contributed by atoms with E-state index in [4.69, 9.17) is 0 Å². The van der Waals surface area contributed by atoms with Gasteiger partial charge in [0.15, 0.2) is 0 Å². The summed E-state index contributed by atoms with van der Waals surface area (Å²) in [5.74, 6) is 3.29. The molecular formula is C28H55NO. The standard InChI is InChI=1S/C28H54N.H2O/c1-4-7-10-13-16-29(17-14-11-8-5-2,18-15-12-9-6-3)28-22-25-19-26(23-28)21-27(20-25)24-28;/h25-27H,4-24H2,1-3H3;1H2/q+1;/p-1. The SMILES string of the molecule is CCCCCC[N+](CCCCCC)(CCCCCC)C12CC3CC(CC(C3)C1)C2.[OH-]. The van der Waals surface area contributed by atoms with Crippen molar-refractivity contribution in [1.29, 1.82) is 0 Å². The van der Waals surface area contributed by atoms with Crippen LogP contribution in [-0.2, 0) is 0 Å². The van der Waals surface area contributed by atoms with Gasteiger partial charge in [-0.3, -0.25) is 0 Å². The van der Waals surface area contributed by atoms with Gasteiger partial charge in [-0.15, -0.1) is 0 Å². The quantitative estimate of drug-likeness (QED) is 0.182. The van der Waals surface area contributed by atoms with Crippen LogP contribution in [0.15, 0.2) is 0 Å². The predicted molar refractivity (Wildman–Crippen MR) is 130 cm³/mol. The Hall–Kier alpha value is -0.0800. The Morgan fingerprint density at radius 3 is 1.17 bits per heavy atom. The molecule has 4 aliphatic rings. The lowest BCUT2D eigenvalue weighted by molar-refractivity contribution is -0.982. The number of quaternary nitrogens is 1. The lowest BCUT2D eigenvalue weighted by Crippen LogP contribution is -2.71. The zero-order chi connectivity index (χ0) is 20.6. The molecule has 4 rings (SSSR count). The maximum atomic E-state index is 2.37. The summed E-state index contributed by atoms with van der Waals surface area (Å²) in [6.07, 6.45) is 27.0. The molecule has 4 saturated carbocycles. The first-order chi connectivity index (χ1) is 14.2. The summed E-state index contributed by atoms with van der Waals surface area (Å²) in [7, 11) is 0. The summed E-state index contributed by atoms with van der Waals surface area (Å²) in [5, 5.41) is 0. The molecule has 2 heteroatoms. The topological polar surface area (TPSA) is 30.0 Å². The second kappa shape index (κ2) is 12.8. The van der Waals surface area contributed by atoms with Gasteiger partial charge in [0.1, 0.15) is 5.54 Å². The number of hydrogen-bond donors (Lipinski definition) is 0. The number of hydrogen-bond acceptors (Lipinski definition) is 1. The molecule has 0 aromatic rings. The first-order valence-corrected chi connectivity index (χ1v) is 14.0. The van der Waals surface area contributed by atoms with E-state index in [9.17, 15) is 0 Å². The normalized spacial score (nSPS) is 29.9. The third-order valence-corrected chi connectivity index (χ3v) is 9.33. The molecule has 0 aliphatic heterocycles. The summed E-state index contributed by atoms with van der Waals surface area (Å²) in [6.45, 7) is 11.7. The van der Waals surface area contributed by atoms with Crippen LogP contribution >= 0.6 is 0 Å². The fourth-order valence-electron chi connectivity index (χ4n) is 8.22. The molecule has 4 fully saturated rings. The highest BCUT2D eigenvalue weighted by molar-refractivity contribution is 5.03. The molecule has 0 unspecified atom stereocenters. The largest absolute Gasteiger partial charge is 0.870 e. The van der Waals surface area contributed by atoms with Crippen LogP contribution in [0.2, 0.25) is 0 Å². The van der Waals surface area contributed by atoms with Gasteiger partial charge >= 0.3 is 0 Å². The minimum Gasteiger partial charge on any atom is -0.870 e. The highest BCUT2D eigenvalue weighted by Gasteiger charge is 2.60. The molecule has 0 atom stereocenters. The lowest BCUT2D eigenvalue weighted by Gasteiger charge is -2.64. The minimum atomic E-state index is 0. The van der Waals surface area contributed by atoms with Crippen molar-refractivity contribution >= 4 is 0 Å². The Bertz CT molecular complexity index is 393. The fraction of sp³-hybridized carbons (Fsp3) is 1.00. The molecule has 0 spiro atoms. The average Bonchev–Trinajstić information content (AvgIpc) is 2.70. The van der Waals surface area contributed by atoms with E-state index in [1.165, 1.54) is 96.7 Å². The van der Waals surface area contributed by atoms with Crippen molar-refractivity contribution in [3.63, 3.8) is 0 Å². The van der Waals surface area contributed by atoms with E-state index in [0.29, 0.717) is 5.54 Å². The van der Waals surface area contributed by atoms with Gasteiger partial charge in [0.25, 0.3) is 0 Å². The Balaban J connectivity index is 0.00000320. The van der Waals surface area contributed by atoms with Crippen LogP contribution in [0.5, 0.6) is 0 Å². The molecule has 178 valence electrons. The van der Waals surface area contributed by atoms with Gasteiger partial charge in [-0.05, 0) is 75.5 Å². The second-order valence-corrected chi connectivity index (χ2v) is 11.6. The van der Waals surface area contributed by atoms with Gasteiger partial charge in [-0.25, -0.2) is 0 Å². The van der Waals surface area contributed by atoms with Crippen LogP contribution in [0, 0.1) is 17.8 Å². The second-order valence-electron chi connectivity index (χ2n) is 11.6. The van der Waals surface area contributed by atoms with Crippen molar-refractivity contribution in [2.75, 3.05) is 19.6 Å². The summed E-state index contributed by atoms with van der Waals surface area (Å²) in [6, 6.07) is 0. The van der Waals surface area contributed by atoms with E-state index in [1.54, 1.807) is 43.0 Å². The van der Waals surface area contributed by atoms with Gasteiger partial charge < -0.3 is 9.96 Å². The summed E-state index contributed by atoms with van der Waals surface area (Å²) < 4.78 is 1.56. The Kier molecular flexibility index (Phi) is 11.2. The van der Waals surface area contributed by atoms with Crippen LogP contribution in [0.25, 0.3) is 0 Å². The molecule has 0 saturated heterocycles. The summed E-state index contributed by atoms with van der Waals surface area (Å²) in [5.41, 5.74) is 0.694. The van der Waals surface area contributed by atoms with Crippen molar-refractivity contribution < 1.29 is 9.96 Å². The fourth-order valence-corrected chi connectivity index (χ4v) is 8.22. The van der Waals surface area contributed by atoms with E-state index in [0.717, 1.165) is 17.8 Å². The van der Waals surface area contributed by atoms with Crippen molar-refractivity contribution in [3.05, 3.63) is 0 Å². The van der Waals surface area contributed by atoms with Crippen LogP contribution in [-0.4, -0.2) is 35.1 Å².